The second-order valence-electron chi connectivity index (χ2n) is 5.24. The Morgan fingerprint density at radius 2 is 2.15 bits per heavy atom. The van der Waals surface area contributed by atoms with Crippen LogP contribution < -0.4 is 5.73 Å². The van der Waals surface area contributed by atoms with E-state index in [1.807, 2.05) is 0 Å². The lowest BCUT2D eigenvalue weighted by atomic mass is 9.74. The molecule has 1 saturated carbocycles. The number of rotatable bonds is 2. The molecular formula is C11H19NO. The fourth-order valence-corrected chi connectivity index (χ4v) is 3.55. The summed E-state index contributed by atoms with van der Waals surface area (Å²) in [5.74, 6) is 0.797. The van der Waals surface area contributed by atoms with Crippen molar-refractivity contribution in [1.82, 2.24) is 0 Å². The zero-order valence-electron chi connectivity index (χ0n) is 8.33. The number of hydrogen-bond acceptors (Lipinski definition) is 2. The maximum absolute atomic E-state index is 6.09. The Balaban J connectivity index is 1.79. The minimum Gasteiger partial charge on any atom is -0.375 e. The van der Waals surface area contributed by atoms with Crippen LogP contribution in [0.2, 0.25) is 0 Å². The topological polar surface area (TPSA) is 35.2 Å². The minimum absolute atomic E-state index is 0.375. The van der Waals surface area contributed by atoms with E-state index in [0.29, 0.717) is 23.7 Å². The van der Waals surface area contributed by atoms with Gasteiger partial charge in [-0.25, -0.2) is 0 Å². The van der Waals surface area contributed by atoms with Crippen molar-refractivity contribution in [3.8, 4) is 0 Å². The normalized spacial score (nSPS) is 48.0. The van der Waals surface area contributed by atoms with Crippen molar-refractivity contribution >= 4 is 0 Å². The lowest BCUT2D eigenvalue weighted by Crippen LogP contribution is -2.38. The van der Waals surface area contributed by atoms with Crippen LogP contribution in [0.1, 0.15) is 39.0 Å². The number of hydrogen-bond donors (Lipinski definition) is 1. The molecule has 0 aromatic heterocycles. The Bertz CT molecular complexity index is 222. The van der Waals surface area contributed by atoms with Crippen LogP contribution in [0.25, 0.3) is 0 Å². The third-order valence-corrected chi connectivity index (χ3v) is 4.58. The Morgan fingerprint density at radius 1 is 1.38 bits per heavy atom. The molecule has 0 spiro atoms. The Kier molecular flexibility index (Phi) is 1.58. The van der Waals surface area contributed by atoms with E-state index in [2.05, 4.69) is 6.92 Å². The summed E-state index contributed by atoms with van der Waals surface area (Å²) in [6.45, 7) is 2.18. The van der Waals surface area contributed by atoms with Gasteiger partial charge in [-0.05, 0) is 50.4 Å². The van der Waals surface area contributed by atoms with Crippen LogP contribution in [0, 0.1) is 11.3 Å². The quantitative estimate of drug-likeness (QED) is 0.703. The van der Waals surface area contributed by atoms with Crippen molar-refractivity contribution in [2.24, 2.45) is 17.1 Å². The summed E-state index contributed by atoms with van der Waals surface area (Å²) in [5, 5.41) is 0. The van der Waals surface area contributed by atoms with E-state index in [4.69, 9.17) is 10.5 Å². The fraction of sp³-hybridized carbons (Fsp3) is 1.00. The first kappa shape index (κ1) is 8.25. The molecule has 2 heteroatoms. The van der Waals surface area contributed by atoms with E-state index in [-0.39, 0.29) is 0 Å². The Hall–Kier alpha value is -0.0800. The Morgan fingerprint density at radius 3 is 2.54 bits per heavy atom. The molecule has 3 aliphatic rings. The first-order valence-electron chi connectivity index (χ1n) is 5.63. The molecule has 2 nitrogen and oxygen atoms in total. The lowest BCUT2D eigenvalue weighted by Gasteiger charge is -2.31. The number of fused-ring (bicyclic) bond motifs is 2. The molecule has 13 heavy (non-hydrogen) atoms. The van der Waals surface area contributed by atoms with Gasteiger partial charge in [0.1, 0.15) is 0 Å². The summed E-state index contributed by atoms with van der Waals surface area (Å²) in [4.78, 5) is 0. The fourth-order valence-electron chi connectivity index (χ4n) is 3.55. The van der Waals surface area contributed by atoms with Gasteiger partial charge in [0.05, 0.1) is 12.2 Å². The number of ether oxygens (including phenoxy) is 1. The van der Waals surface area contributed by atoms with Crippen LogP contribution in [0.5, 0.6) is 0 Å². The van der Waals surface area contributed by atoms with Gasteiger partial charge >= 0.3 is 0 Å². The number of nitrogens with two attached hydrogens (primary N) is 1. The largest absolute Gasteiger partial charge is 0.375 e. The van der Waals surface area contributed by atoms with Gasteiger partial charge in [-0.15, -0.1) is 0 Å². The molecular weight excluding hydrogens is 162 g/mol. The SMILES string of the molecule is CC(N)C1(C2CC3CCC2O3)CC1. The van der Waals surface area contributed by atoms with Gasteiger partial charge in [-0.2, -0.15) is 0 Å². The molecule has 2 aliphatic heterocycles. The molecule has 2 bridgehead atoms. The summed E-state index contributed by atoms with van der Waals surface area (Å²) in [5.41, 5.74) is 6.57. The Labute approximate surface area is 79.8 Å². The zero-order chi connectivity index (χ0) is 9.05. The van der Waals surface area contributed by atoms with Crippen LogP contribution >= 0.6 is 0 Å². The smallest absolute Gasteiger partial charge is 0.0614 e. The summed E-state index contributed by atoms with van der Waals surface area (Å²) in [6.07, 6.45) is 7.75. The molecule has 4 atom stereocenters. The minimum atomic E-state index is 0.375. The van der Waals surface area contributed by atoms with Crippen molar-refractivity contribution < 1.29 is 4.74 Å². The standard InChI is InChI=1S/C11H19NO/c1-7(12)11(4-5-11)9-6-8-2-3-10(9)13-8/h7-10H,2-6,12H2,1H3. The molecule has 0 amide bonds. The first-order valence-corrected chi connectivity index (χ1v) is 5.63. The van der Waals surface area contributed by atoms with Gasteiger partial charge in [0.2, 0.25) is 0 Å². The van der Waals surface area contributed by atoms with E-state index in [0.717, 1.165) is 5.92 Å². The summed E-state index contributed by atoms with van der Waals surface area (Å²) in [6, 6.07) is 0.375. The zero-order valence-corrected chi connectivity index (χ0v) is 8.33. The lowest BCUT2D eigenvalue weighted by molar-refractivity contribution is 0.0740. The molecule has 74 valence electrons. The van der Waals surface area contributed by atoms with Crippen LogP contribution in [-0.4, -0.2) is 18.2 Å². The van der Waals surface area contributed by atoms with Crippen molar-refractivity contribution in [2.45, 2.75) is 57.3 Å². The van der Waals surface area contributed by atoms with Crippen LogP contribution in [0.3, 0.4) is 0 Å². The second-order valence-corrected chi connectivity index (χ2v) is 5.24. The predicted octanol–water partition coefficient (Wildman–Crippen LogP) is 1.68. The van der Waals surface area contributed by atoms with Crippen LogP contribution in [0.4, 0.5) is 0 Å². The average Bonchev–Trinajstić information content (AvgIpc) is 2.66. The molecule has 2 saturated heterocycles. The monoisotopic (exact) mass is 181 g/mol. The van der Waals surface area contributed by atoms with Gasteiger partial charge in [0.15, 0.2) is 0 Å². The molecule has 2 N–H and O–H groups in total. The highest BCUT2D eigenvalue weighted by Gasteiger charge is 2.59. The molecule has 1 aliphatic carbocycles. The molecule has 0 aromatic carbocycles. The van der Waals surface area contributed by atoms with Gasteiger partial charge in [-0.1, -0.05) is 0 Å². The van der Waals surface area contributed by atoms with E-state index < -0.39 is 0 Å². The van der Waals surface area contributed by atoms with E-state index >= 15 is 0 Å². The first-order chi connectivity index (χ1) is 6.22. The molecule has 3 rings (SSSR count). The highest BCUT2D eigenvalue weighted by atomic mass is 16.5. The highest BCUT2D eigenvalue weighted by Crippen LogP contribution is 2.61. The van der Waals surface area contributed by atoms with Gasteiger partial charge in [0, 0.05) is 6.04 Å². The molecule has 3 fully saturated rings. The third kappa shape index (κ3) is 1.02. The predicted molar refractivity (Wildman–Crippen MR) is 51.3 cm³/mol. The van der Waals surface area contributed by atoms with Crippen molar-refractivity contribution in [1.29, 1.82) is 0 Å². The maximum Gasteiger partial charge on any atom is 0.0614 e. The van der Waals surface area contributed by atoms with Gasteiger partial charge in [0.25, 0.3) is 0 Å². The molecule has 4 unspecified atom stereocenters. The molecule has 0 radical (unpaired) electrons. The summed E-state index contributed by atoms with van der Waals surface area (Å²) in [7, 11) is 0. The maximum atomic E-state index is 6.09. The van der Waals surface area contributed by atoms with E-state index in [1.165, 1.54) is 32.1 Å². The van der Waals surface area contributed by atoms with E-state index in [1.54, 1.807) is 0 Å². The second kappa shape index (κ2) is 2.48. The van der Waals surface area contributed by atoms with Crippen molar-refractivity contribution in [2.75, 3.05) is 0 Å². The van der Waals surface area contributed by atoms with Crippen molar-refractivity contribution in [3.05, 3.63) is 0 Å². The van der Waals surface area contributed by atoms with Crippen LogP contribution in [-0.2, 0) is 4.74 Å². The van der Waals surface area contributed by atoms with Gasteiger partial charge < -0.3 is 10.5 Å². The van der Waals surface area contributed by atoms with Crippen molar-refractivity contribution in [3.63, 3.8) is 0 Å². The van der Waals surface area contributed by atoms with Gasteiger partial charge in [-0.3, -0.25) is 0 Å². The van der Waals surface area contributed by atoms with Crippen LogP contribution in [0.15, 0.2) is 0 Å². The average molecular weight is 181 g/mol. The molecule has 2 heterocycles. The molecule has 0 aromatic rings. The summed E-state index contributed by atoms with van der Waals surface area (Å²) < 4.78 is 5.91. The third-order valence-electron chi connectivity index (χ3n) is 4.58. The summed E-state index contributed by atoms with van der Waals surface area (Å²) >= 11 is 0. The van der Waals surface area contributed by atoms with E-state index in [9.17, 15) is 0 Å². The highest BCUT2D eigenvalue weighted by molar-refractivity contribution is 5.09.